The lowest BCUT2D eigenvalue weighted by molar-refractivity contribution is 0.498. The van der Waals surface area contributed by atoms with E-state index >= 15 is 0 Å². The molecule has 158 valence electrons. The SMILES string of the molecule is C=CN(/C=C(\C)CCC)Cc1ccc(-c2cccc(N)c2)c2c1[nH]c1ncc(C)cc12. The summed E-state index contributed by atoms with van der Waals surface area (Å²) in [4.78, 5) is 10.4. The number of nitrogens with two attached hydrogens (primary N) is 1. The highest BCUT2D eigenvalue weighted by Gasteiger charge is 2.16. The monoisotopic (exact) mass is 410 g/mol. The van der Waals surface area contributed by atoms with E-state index in [0.717, 1.165) is 58.3 Å². The van der Waals surface area contributed by atoms with Crippen molar-refractivity contribution in [3.63, 3.8) is 0 Å². The second kappa shape index (κ2) is 8.68. The van der Waals surface area contributed by atoms with Crippen molar-refractivity contribution in [3.8, 4) is 11.1 Å². The standard InChI is InChI=1S/C27H30N4/c1-5-8-18(3)16-31(6-2)17-21-11-12-23(20-9-7-10-22(28)14-20)25-24-13-19(4)15-29-27(24)30-26(21)25/h6-7,9-16H,2,5,8,17,28H2,1,3-4H3,(H,29,30)/b18-16+. The van der Waals surface area contributed by atoms with Crippen molar-refractivity contribution in [1.82, 2.24) is 14.9 Å². The van der Waals surface area contributed by atoms with Gasteiger partial charge in [0.15, 0.2) is 0 Å². The summed E-state index contributed by atoms with van der Waals surface area (Å²) in [5.74, 6) is 0. The quantitative estimate of drug-likeness (QED) is 0.325. The van der Waals surface area contributed by atoms with Gasteiger partial charge in [0.1, 0.15) is 5.65 Å². The Morgan fingerprint density at radius 2 is 2.06 bits per heavy atom. The Hall–Kier alpha value is -3.53. The van der Waals surface area contributed by atoms with Crippen LogP contribution in [0.4, 0.5) is 5.69 Å². The summed E-state index contributed by atoms with van der Waals surface area (Å²) < 4.78 is 0. The Balaban J connectivity index is 1.91. The van der Waals surface area contributed by atoms with E-state index in [1.807, 2.05) is 30.6 Å². The first kappa shape index (κ1) is 20.7. The highest BCUT2D eigenvalue weighted by molar-refractivity contribution is 6.14. The lowest BCUT2D eigenvalue weighted by Crippen LogP contribution is -2.10. The number of nitrogens with one attached hydrogen (secondary N) is 1. The molecule has 0 saturated carbocycles. The molecule has 0 amide bonds. The Labute approximate surface area is 184 Å². The first-order chi connectivity index (χ1) is 15.0. The molecular formula is C27H30N4. The van der Waals surface area contributed by atoms with Crippen LogP contribution in [0.5, 0.6) is 0 Å². The summed E-state index contributed by atoms with van der Waals surface area (Å²) in [6.07, 6.45) is 8.22. The van der Waals surface area contributed by atoms with Crippen LogP contribution < -0.4 is 5.73 Å². The lowest BCUT2D eigenvalue weighted by Gasteiger charge is -2.18. The topological polar surface area (TPSA) is 57.9 Å². The zero-order valence-electron chi connectivity index (χ0n) is 18.6. The number of aromatic amines is 1. The van der Waals surface area contributed by atoms with E-state index in [0.29, 0.717) is 0 Å². The van der Waals surface area contributed by atoms with Crippen molar-refractivity contribution < 1.29 is 0 Å². The van der Waals surface area contributed by atoms with Crippen molar-refractivity contribution in [1.29, 1.82) is 0 Å². The van der Waals surface area contributed by atoms with Crippen LogP contribution in [0.3, 0.4) is 0 Å². The molecule has 0 radical (unpaired) electrons. The number of allylic oxidation sites excluding steroid dienone is 1. The number of fused-ring (bicyclic) bond motifs is 3. The van der Waals surface area contributed by atoms with Gasteiger partial charge in [-0.05, 0) is 66.9 Å². The normalized spacial score (nSPS) is 11.9. The van der Waals surface area contributed by atoms with Gasteiger partial charge in [-0.25, -0.2) is 4.98 Å². The van der Waals surface area contributed by atoms with E-state index in [2.05, 4.69) is 72.7 Å². The van der Waals surface area contributed by atoms with Gasteiger partial charge >= 0.3 is 0 Å². The van der Waals surface area contributed by atoms with Crippen LogP contribution in [0.25, 0.3) is 33.1 Å². The highest BCUT2D eigenvalue weighted by atomic mass is 15.1. The van der Waals surface area contributed by atoms with Gasteiger partial charge in [0.2, 0.25) is 0 Å². The number of hydrogen-bond donors (Lipinski definition) is 2. The number of aryl methyl sites for hydroxylation is 1. The summed E-state index contributed by atoms with van der Waals surface area (Å²) in [5, 5.41) is 2.32. The van der Waals surface area contributed by atoms with Crippen LogP contribution in [0.2, 0.25) is 0 Å². The average Bonchev–Trinajstić information content (AvgIpc) is 3.12. The largest absolute Gasteiger partial charge is 0.399 e. The van der Waals surface area contributed by atoms with Gasteiger partial charge in [0.05, 0.1) is 5.52 Å². The summed E-state index contributed by atoms with van der Waals surface area (Å²) >= 11 is 0. The number of nitrogens with zero attached hydrogens (tertiary/aromatic N) is 2. The molecule has 31 heavy (non-hydrogen) atoms. The van der Waals surface area contributed by atoms with Gasteiger partial charge in [-0.3, -0.25) is 0 Å². The van der Waals surface area contributed by atoms with E-state index in [1.54, 1.807) is 0 Å². The molecule has 4 aromatic rings. The molecule has 0 aliphatic carbocycles. The molecule has 0 aliphatic heterocycles. The zero-order valence-corrected chi connectivity index (χ0v) is 18.6. The van der Waals surface area contributed by atoms with Crippen LogP contribution in [-0.2, 0) is 6.54 Å². The van der Waals surface area contributed by atoms with E-state index in [1.165, 1.54) is 16.5 Å². The summed E-state index contributed by atoms with van der Waals surface area (Å²) in [6.45, 7) is 11.2. The minimum atomic E-state index is 0.740. The molecule has 0 bridgehead atoms. The number of pyridine rings is 1. The Bertz CT molecular complexity index is 1280. The van der Waals surface area contributed by atoms with Crippen molar-refractivity contribution in [2.75, 3.05) is 5.73 Å². The summed E-state index contributed by atoms with van der Waals surface area (Å²) in [5.41, 5.74) is 14.8. The Morgan fingerprint density at radius 3 is 2.81 bits per heavy atom. The molecule has 3 N–H and O–H groups in total. The maximum atomic E-state index is 6.09. The first-order valence-electron chi connectivity index (χ1n) is 10.8. The molecule has 4 nitrogen and oxygen atoms in total. The minimum Gasteiger partial charge on any atom is -0.399 e. The number of nitrogen functional groups attached to an aromatic ring is 1. The van der Waals surface area contributed by atoms with Crippen LogP contribution in [0.1, 0.15) is 37.8 Å². The molecule has 2 aromatic carbocycles. The molecule has 0 saturated heterocycles. The molecule has 2 aromatic heterocycles. The number of rotatable bonds is 7. The van der Waals surface area contributed by atoms with E-state index < -0.39 is 0 Å². The van der Waals surface area contributed by atoms with Crippen LogP contribution >= 0.6 is 0 Å². The summed E-state index contributed by atoms with van der Waals surface area (Å²) in [7, 11) is 0. The van der Waals surface area contributed by atoms with Gasteiger partial charge in [-0.2, -0.15) is 0 Å². The second-order valence-electron chi connectivity index (χ2n) is 8.26. The number of anilines is 1. The Morgan fingerprint density at radius 1 is 1.23 bits per heavy atom. The third-order valence-corrected chi connectivity index (χ3v) is 5.64. The van der Waals surface area contributed by atoms with Gasteiger partial charge in [0.25, 0.3) is 0 Å². The van der Waals surface area contributed by atoms with Crippen molar-refractivity contribution in [3.05, 3.63) is 84.3 Å². The Kier molecular flexibility index (Phi) is 5.81. The summed E-state index contributed by atoms with van der Waals surface area (Å²) in [6, 6.07) is 14.7. The van der Waals surface area contributed by atoms with Crippen LogP contribution in [0.15, 0.2) is 73.2 Å². The maximum Gasteiger partial charge on any atom is 0.138 e. The van der Waals surface area contributed by atoms with Crippen molar-refractivity contribution in [2.45, 2.75) is 40.2 Å². The average molecular weight is 411 g/mol. The smallest absolute Gasteiger partial charge is 0.138 e. The molecule has 2 heterocycles. The predicted octanol–water partition coefficient (Wildman–Crippen LogP) is 6.92. The number of hydrogen-bond acceptors (Lipinski definition) is 3. The van der Waals surface area contributed by atoms with Crippen LogP contribution in [-0.4, -0.2) is 14.9 Å². The highest BCUT2D eigenvalue weighted by Crippen LogP contribution is 2.37. The first-order valence-corrected chi connectivity index (χ1v) is 10.8. The number of H-pyrrole nitrogens is 1. The third-order valence-electron chi connectivity index (χ3n) is 5.64. The lowest BCUT2D eigenvalue weighted by atomic mass is 9.96. The van der Waals surface area contributed by atoms with E-state index in [9.17, 15) is 0 Å². The zero-order chi connectivity index (χ0) is 22.0. The molecular weight excluding hydrogens is 380 g/mol. The molecule has 0 spiro atoms. The predicted molar refractivity (Wildman–Crippen MR) is 133 cm³/mol. The maximum absolute atomic E-state index is 6.09. The van der Waals surface area contributed by atoms with Gasteiger partial charge in [0, 0.05) is 35.4 Å². The third kappa shape index (κ3) is 4.19. The van der Waals surface area contributed by atoms with Crippen molar-refractivity contribution >= 4 is 27.6 Å². The fourth-order valence-electron chi connectivity index (χ4n) is 4.23. The van der Waals surface area contributed by atoms with Gasteiger partial charge in [-0.1, -0.05) is 49.8 Å². The second-order valence-corrected chi connectivity index (χ2v) is 8.26. The molecule has 0 atom stereocenters. The molecule has 4 heteroatoms. The molecule has 0 unspecified atom stereocenters. The molecule has 0 fully saturated rings. The molecule has 4 rings (SSSR count). The molecule has 0 aliphatic rings. The fourth-order valence-corrected chi connectivity index (χ4v) is 4.23. The van der Waals surface area contributed by atoms with E-state index in [-0.39, 0.29) is 0 Å². The fraction of sp³-hybridized carbons (Fsp3) is 0.222. The number of aromatic nitrogens is 2. The van der Waals surface area contributed by atoms with Crippen LogP contribution in [0, 0.1) is 6.92 Å². The van der Waals surface area contributed by atoms with E-state index in [4.69, 9.17) is 5.73 Å². The van der Waals surface area contributed by atoms with Crippen molar-refractivity contribution in [2.24, 2.45) is 0 Å². The van der Waals surface area contributed by atoms with Gasteiger partial charge < -0.3 is 15.6 Å². The minimum absolute atomic E-state index is 0.740. The number of benzene rings is 2. The van der Waals surface area contributed by atoms with Gasteiger partial charge in [-0.15, -0.1) is 0 Å².